The van der Waals surface area contributed by atoms with E-state index in [1.54, 1.807) is 0 Å². The van der Waals surface area contributed by atoms with Crippen LogP contribution >= 0.6 is 11.3 Å². The Bertz CT molecular complexity index is 503. The zero-order chi connectivity index (χ0) is 14.6. The monoisotopic (exact) mass is 281 g/mol. The molecule has 1 aromatic rings. The smallest absolute Gasteiger partial charge is 0.343 e. The lowest BCUT2D eigenvalue weighted by atomic mass is 10.0. The van der Waals surface area contributed by atoms with Crippen LogP contribution in [-0.4, -0.2) is 19.1 Å². The van der Waals surface area contributed by atoms with Gasteiger partial charge in [-0.2, -0.15) is 5.26 Å². The van der Waals surface area contributed by atoms with E-state index in [2.05, 4.69) is 26.1 Å². The van der Waals surface area contributed by atoms with Crippen LogP contribution in [0.25, 0.3) is 0 Å². The van der Waals surface area contributed by atoms with Gasteiger partial charge in [-0.25, -0.2) is 4.79 Å². The molecular weight excluding hydrogens is 262 g/mol. The lowest BCUT2D eigenvalue weighted by Crippen LogP contribution is -2.25. The third-order valence-electron chi connectivity index (χ3n) is 3.00. The Morgan fingerprint density at radius 2 is 2.21 bits per heavy atom. The van der Waals surface area contributed by atoms with Crippen LogP contribution in [0.4, 0.5) is 10.7 Å². The summed E-state index contributed by atoms with van der Waals surface area (Å²) >= 11 is 1.19. The molecule has 6 heteroatoms. The van der Waals surface area contributed by atoms with Gasteiger partial charge >= 0.3 is 5.97 Å². The predicted molar refractivity (Wildman–Crippen MR) is 77.3 cm³/mol. The van der Waals surface area contributed by atoms with Crippen LogP contribution in [0.2, 0.25) is 0 Å². The standard InChI is InChI=1S/C13H19N3O2S/c1-5-8(7(2)3)16-12-10(13(17)18-4)11(15)9(6-14)19-12/h7-8,16H,5,15H2,1-4H3. The number of nitrogen functional groups attached to an aromatic ring is 1. The van der Waals surface area contributed by atoms with Gasteiger partial charge in [0.2, 0.25) is 0 Å². The highest BCUT2D eigenvalue weighted by molar-refractivity contribution is 7.17. The summed E-state index contributed by atoms with van der Waals surface area (Å²) in [6.07, 6.45) is 0.915. The van der Waals surface area contributed by atoms with Gasteiger partial charge in [0.05, 0.1) is 12.8 Å². The first-order chi connectivity index (χ1) is 8.96. The molecule has 5 nitrogen and oxygen atoms in total. The van der Waals surface area contributed by atoms with Gasteiger partial charge in [-0.1, -0.05) is 20.8 Å². The van der Waals surface area contributed by atoms with E-state index < -0.39 is 5.97 Å². The fourth-order valence-electron chi connectivity index (χ4n) is 1.84. The number of hydrogen-bond acceptors (Lipinski definition) is 6. The second-order valence-electron chi connectivity index (χ2n) is 4.56. The summed E-state index contributed by atoms with van der Waals surface area (Å²) in [5.41, 5.74) is 6.29. The maximum atomic E-state index is 11.8. The zero-order valence-corrected chi connectivity index (χ0v) is 12.4. The molecule has 0 radical (unpaired) electrons. The topological polar surface area (TPSA) is 88.1 Å². The molecule has 1 heterocycles. The quantitative estimate of drug-likeness (QED) is 0.810. The number of nitrogens with one attached hydrogen (secondary N) is 1. The molecule has 0 amide bonds. The number of ether oxygens (including phenoxy) is 1. The van der Waals surface area contributed by atoms with E-state index in [1.807, 2.05) is 6.07 Å². The molecule has 0 aliphatic carbocycles. The van der Waals surface area contributed by atoms with Gasteiger partial charge in [0.25, 0.3) is 0 Å². The highest BCUT2D eigenvalue weighted by Gasteiger charge is 2.24. The van der Waals surface area contributed by atoms with E-state index in [-0.39, 0.29) is 17.3 Å². The van der Waals surface area contributed by atoms with Crippen molar-refractivity contribution in [2.45, 2.75) is 33.2 Å². The SMILES string of the molecule is CCC(Nc1sc(C#N)c(N)c1C(=O)OC)C(C)C. The lowest BCUT2D eigenvalue weighted by Gasteiger charge is -2.21. The molecule has 0 aliphatic rings. The molecule has 1 aromatic heterocycles. The average molecular weight is 281 g/mol. The van der Waals surface area contributed by atoms with Gasteiger partial charge in [0, 0.05) is 6.04 Å². The van der Waals surface area contributed by atoms with Crippen LogP contribution < -0.4 is 11.1 Å². The van der Waals surface area contributed by atoms with Crippen LogP contribution in [0.1, 0.15) is 42.4 Å². The maximum absolute atomic E-state index is 11.8. The predicted octanol–water partition coefficient (Wildman–Crippen LogP) is 2.84. The van der Waals surface area contributed by atoms with Crippen molar-refractivity contribution in [3.63, 3.8) is 0 Å². The first kappa shape index (κ1) is 15.3. The molecule has 0 saturated heterocycles. The summed E-state index contributed by atoms with van der Waals surface area (Å²) in [6, 6.07) is 2.22. The van der Waals surface area contributed by atoms with Crippen molar-refractivity contribution < 1.29 is 9.53 Å². The third kappa shape index (κ3) is 3.18. The van der Waals surface area contributed by atoms with Crippen molar-refractivity contribution in [1.82, 2.24) is 0 Å². The van der Waals surface area contributed by atoms with E-state index in [0.717, 1.165) is 6.42 Å². The summed E-state index contributed by atoms with van der Waals surface area (Å²) < 4.78 is 4.73. The number of nitriles is 1. The summed E-state index contributed by atoms with van der Waals surface area (Å²) in [7, 11) is 1.30. The number of nitrogens with two attached hydrogens (primary N) is 1. The molecule has 0 aliphatic heterocycles. The minimum absolute atomic E-state index is 0.195. The summed E-state index contributed by atoms with van der Waals surface area (Å²) in [4.78, 5) is 12.1. The lowest BCUT2D eigenvalue weighted by molar-refractivity contribution is 0.0603. The Kier molecular flexibility index (Phi) is 5.19. The molecule has 0 fully saturated rings. The van der Waals surface area contributed by atoms with Gasteiger partial charge < -0.3 is 15.8 Å². The second-order valence-corrected chi connectivity index (χ2v) is 5.58. The average Bonchev–Trinajstić information content (AvgIpc) is 2.70. The number of carbonyl (C=O) groups excluding carboxylic acids is 1. The molecule has 1 rings (SSSR count). The van der Waals surface area contributed by atoms with Crippen molar-refractivity contribution in [1.29, 1.82) is 5.26 Å². The number of anilines is 2. The van der Waals surface area contributed by atoms with Crippen molar-refractivity contribution in [2.24, 2.45) is 5.92 Å². The molecule has 3 N–H and O–H groups in total. The van der Waals surface area contributed by atoms with Gasteiger partial charge in [-0.05, 0) is 12.3 Å². The molecule has 0 bridgehead atoms. The van der Waals surface area contributed by atoms with Gasteiger partial charge in [0.15, 0.2) is 0 Å². The van der Waals surface area contributed by atoms with Gasteiger partial charge in [-0.15, -0.1) is 11.3 Å². The van der Waals surface area contributed by atoms with Crippen LogP contribution in [0, 0.1) is 17.2 Å². The number of methoxy groups -OCH3 is 1. The second kappa shape index (κ2) is 6.43. The van der Waals surface area contributed by atoms with E-state index >= 15 is 0 Å². The molecular formula is C13H19N3O2S. The minimum atomic E-state index is -0.517. The van der Waals surface area contributed by atoms with E-state index in [9.17, 15) is 4.79 Å². The summed E-state index contributed by atoms with van der Waals surface area (Å²) in [6.45, 7) is 6.26. The molecule has 1 atom stereocenters. The van der Waals surface area contributed by atoms with E-state index in [1.165, 1.54) is 18.4 Å². The number of thiophene rings is 1. The summed E-state index contributed by atoms with van der Waals surface area (Å²) in [5.74, 6) is -0.110. The Hall–Kier alpha value is -1.74. The highest BCUT2D eigenvalue weighted by Crippen LogP contribution is 2.36. The number of carbonyl (C=O) groups is 1. The number of hydrogen-bond donors (Lipinski definition) is 2. The molecule has 0 aromatic carbocycles. The van der Waals surface area contributed by atoms with Crippen molar-refractivity contribution in [2.75, 3.05) is 18.2 Å². The Balaban J connectivity index is 3.20. The van der Waals surface area contributed by atoms with Crippen LogP contribution in [-0.2, 0) is 4.74 Å². The normalized spacial score (nSPS) is 12.0. The molecule has 104 valence electrons. The Morgan fingerprint density at radius 3 is 2.63 bits per heavy atom. The van der Waals surface area contributed by atoms with Gasteiger partial charge in [-0.3, -0.25) is 0 Å². The molecule has 0 spiro atoms. The largest absolute Gasteiger partial charge is 0.465 e. The van der Waals surface area contributed by atoms with Crippen LogP contribution in [0.5, 0.6) is 0 Å². The van der Waals surface area contributed by atoms with Crippen LogP contribution in [0.15, 0.2) is 0 Å². The van der Waals surface area contributed by atoms with Crippen molar-refractivity contribution in [3.8, 4) is 6.07 Å². The zero-order valence-electron chi connectivity index (χ0n) is 11.6. The fraction of sp³-hybridized carbons (Fsp3) is 0.538. The Labute approximate surface area is 117 Å². The van der Waals surface area contributed by atoms with Crippen molar-refractivity contribution in [3.05, 3.63) is 10.4 Å². The highest BCUT2D eigenvalue weighted by atomic mass is 32.1. The molecule has 0 saturated carbocycles. The Morgan fingerprint density at radius 1 is 1.58 bits per heavy atom. The number of rotatable bonds is 5. The van der Waals surface area contributed by atoms with E-state index in [0.29, 0.717) is 15.8 Å². The third-order valence-corrected chi connectivity index (χ3v) is 4.04. The van der Waals surface area contributed by atoms with Gasteiger partial charge in [0.1, 0.15) is 21.5 Å². The maximum Gasteiger partial charge on any atom is 0.343 e. The van der Waals surface area contributed by atoms with E-state index in [4.69, 9.17) is 15.7 Å². The van der Waals surface area contributed by atoms with Crippen LogP contribution in [0.3, 0.4) is 0 Å². The number of esters is 1. The minimum Gasteiger partial charge on any atom is -0.465 e. The first-order valence-electron chi connectivity index (χ1n) is 6.13. The molecule has 1 unspecified atom stereocenters. The summed E-state index contributed by atoms with van der Waals surface area (Å²) in [5, 5.41) is 12.9. The number of nitrogens with zero attached hydrogens (tertiary/aromatic N) is 1. The fourth-order valence-corrected chi connectivity index (χ4v) is 2.81. The first-order valence-corrected chi connectivity index (χ1v) is 6.95. The molecule has 19 heavy (non-hydrogen) atoms. The van der Waals surface area contributed by atoms with Crippen molar-refractivity contribution >= 4 is 28.0 Å².